The summed E-state index contributed by atoms with van der Waals surface area (Å²) < 4.78 is 15.8. The molecule has 1 heterocycles. The number of rotatable bonds is 4. The highest BCUT2D eigenvalue weighted by atomic mass is 19.1. The molecule has 2 aromatic rings. The summed E-state index contributed by atoms with van der Waals surface area (Å²) in [6.45, 7) is 6.65. The van der Waals surface area contributed by atoms with Crippen molar-refractivity contribution < 1.29 is 4.39 Å². The molecule has 96 valence electrons. The molecule has 0 saturated heterocycles. The third kappa shape index (κ3) is 2.59. The maximum absolute atomic E-state index is 14.0. The SMILES string of the molecule is Cc1nccn1-c1c(F)cccc1CNC(C)C. The molecule has 0 unspecified atom stereocenters. The van der Waals surface area contributed by atoms with Crippen LogP contribution in [0.3, 0.4) is 0 Å². The number of para-hydroxylation sites is 1. The molecule has 1 aromatic carbocycles. The van der Waals surface area contributed by atoms with Gasteiger partial charge in [-0.05, 0) is 18.6 Å². The summed E-state index contributed by atoms with van der Waals surface area (Å²) in [4.78, 5) is 4.15. The highest BCUT2D eigenvalue weighted by Gasteiger charge is 2.12. The van der Waals surface area contributed by atoms with E-state index < -0.39 is 0 Å². The predicted octanol–water partition coefficient (Wildman–Crippen LogP) is 2.82. The van der Waals surface area contributed by atoms with Gasteiger partial charge in [-0.25, -0.2) is 9.37 Å². The number of hydrogen-bond acceptors (Lipinski definition) is 2. The Kier molecular flexibility index (Phi) is 3.77. The van der Waals surface area contributed by atoms with E-state index in [1.807, 2.05) is 13.0 Å². The molecule has 0 atom stereocenters. The lowest BCUT2D eigenvalue weighted by molar-refractivity contribution is 0.576. The van der Waals surface area contributed by atoms with E-state index >= 15 is 0 Å². The Bertz CT molecular complexity index is 532. The summed E-state index contributed by atoms with van der Waals surface area (Å²) >= 11 is 0. The molecule has 0 radical (unpaired) electrons. The smallest absolute Gasteiger partial charge is 0.147 e. The van der Waals surface area contributed by atoms with Crippen molar-refractivity contribution in [2.24, 2.45) is 0 Å². The summed E-state index contributed by atoms with van der Waals surface area (Å²) in [6, 6.07) is 5.52. The minimum absolute atomic E-state index is 0.223. The van der Waals surface area contributed by atoms with Crippen molar-refractivity contribution >= 4 is 0 Å². The van der Waals surface area contributed by atoms with Crippen LogP contribution >= 0.6 is 0 Å². The zero-order valence-corrected chi connectivity index (χ0v) is 10.9. The van der Waals surface area contributed by atoms with Gasteiger partial charge in [0.15, 0.2) is 0 Å². The van der Waals surface area contributed by atoms with Gasteiger partial charge in [-0.1, -0.05) is 26.0 Å². The Morgan fingerprint density at radius 3 is 2.78 bits per heavy atom. The van der Waals surface area contributed by atoms with Crippen molar-refractivity contribution in [2.75, 3.05) is 0 Å². The maximum atomic E-state index is 14.0. The van der Waals surface area contributed by atoms with Crippen LogP contribution in [0.2, 0.25) is 0 Å². The Morgan fingerprint density at radius 2 is 2.17 bits per heavy atom. The first kappa shape index (κ1) is 12.8. The fourth-order valence-electron chi connectivity index (χ4n) is 1.90. The largest absolute Gasteiger partial charge is 0.310 e. The van der Waals surface area contributed by atoms with Gasteiger partial charge in [0.1, 0.15) is 11.6 Å². The van der Waals surface area contributed by atoms with Crippen LogP contribution in [0.4, 0.5) is 4.39 Å². The molecule has 0 aliphatic carbocycles. The number of imidazole rings is 1. The highest BCUT2D eigenvalue weighted by Crippen LogP contribution is 2.20. The van der Waals surface area contributed by atoms with Crippen LogP contribution in [0.5, 0.6) is 0 Å². The molecule has 18 heavy (non-hydrogen) atoms. The van der Waals surface area contributed by atoms with Gasteiger partial charge in [-0.3, -0.25) is 0 Å². The lowest BCUT2D eigenvalue weighted by Gasteiger charge is -2.15. The summed E-state index contributed by atoms with van der Waals surface area (Å²) in [5.41, 5.74) is 1.52. The zero-order chi connectivity index (χ0) is 13.1. The third-order valence-corrected chi connectivity index (χ3v) is 2.84. The van der Waals surface area contributed by atoms with Crippen LogP contribution in [-0.2, 0) is 6.54 Å². The fraction of sp³-hybridized carbons (Fsp3) is 0.357. The molecule has 0 spiro atoms. The van der Waals surface area contributed by atoms with Crippen LogP contribution in [0, 0.1) is 12.7 Å². The molecule has 0 aliphatic rings. The van der Waals surface area contributed by atoms with Crippen molar-refractivity contribution in [3.05, 3.63) is 47.8 Å². The first-order chi connectivity index (χ1) is 8.59. The van der Waals surface area contributed by atoms with E-state index in [0.29, 0.717) is 18.3 Å². The predicted molar refractivity (Wildman–Crippen MR) is 70.2 cm³/mol. The van der Waals surface area contributed by atoms with Crippen LogP contribution in [0.25, 0.3) is 5.69 Å². The standard InChI is InChI=1S/C14H18FN3/c1-10(2)17-9-12-5-4-6-13(15)14(12)18-8-7-16-11(18)3/h4-8,10,17H,9H2,1-3H3. The first-order valence-electron chi connectivity index (χ1n) is 6.10. The molecule has 2 rings (SSSR count). The van der Waals surface area contributed by atoms with E-state index in [2.05, 4.69) is 24.1 Å². The van der Waals surface area contributed by atoms with Crippen molar-refractivity contribution in [3.8, 4) is 5.69 Å². The van der Waals surface area contributed by atoms with E-state index in [9.17, 15) is 4.39 Å². The second-order valence-corrected chi connectivity index (χ2v) is 4.63. The Balaban J connectivity index is 2.42. The lowest BCUT2D eigenvalue weighted by Crippen LogP contribution is -2.23. The minimum Gasteiger partial charge on any atom is -0.310 e. The second kappa shape index (κ2) is 5.31. The molecule has 0 aliphatic heterocycles. The Hall–Kier alpha value is -1.68. The number of benzene rings is 1. The van der Waals surface area contributed by atoms with Crippen molar-refractivity contribution in [1.82, 2.24) is 14.9 Å². The summed E-state index contributed by atoms with van der Waals surface area (Å²) in [5.74, 6) is 0.560. The molecule has 0 fully saturated rings. The van der Waals surface area contributed by atoms with E-state index in [1.54, 1.807) is 23.0 Å². The molecule has 1 aromatic heterocycles. The van der Waals surface area contributed by atoms with E-state index in [4.69, 9.17) is 0 Å². The highest BCUT2D eigenvalue weighted by molar-refractivity contribution is 5.43. The van der Waals surface area contributed by atoms with Crippen LogP contribution in [0.15, 0.2) is 30.6 Å². The fourth-order valence-corrected chi connectivity index (χ4v) is 1.90. The summed E-state index contributed by atoms with van der Waals surface area (Å²) in [5, 5.41) is 3.31. The average Bonchev–Trinajstić information content (AvgIpc) is 2.72. The van der Waals surface area contributed by atoms with Gasteiger partial charge in [-0.2, -0.15) is 0 Å². The maximum Gasteiger partial charge on any atom is 0.147 e. The molecule has 0 bridgehead atoms. The average molecular weight is 247 g/mol. The number of nitrogens with one attached hydrogen (secondary N) is 1. The molecule has 0 saturated carbocycles. The van der Waals surface area contributed by atoms with Crippen LogP contribution in [-0.4, -0.2) is 15.6 Å². The van der Waals surface area contributed by atoms with Crippen molar-refractivity contribution in [3.63, 3.8) is 0 Å². The summed E-state index contributed by atoms with van der Waals surface area (Å²) in [7, 11) is 0. The van der Waals surface area contributed by atoms with E-state index in [0.717, 1.165) is 11.4 Å². The zero-order valence-electron chi connectivity index (χ0n) is 10.9. The normalized spacial score (nSPS) is 11.2. The molecule has 3 nitrogen and oxygen atoms in total. The van der Waals surface area contributed by atoms with E-state index in [-0.39, 0.29) is 5.82 Å². The van der Waals surface area contributed by atoms with Crippen molar-refractivity contribution in [1.29, 1.82) is 0 Å². The van der Waals surface area contributed by atoms with Gasteiger partial charge < -0.3 is 9.88 Å². The van der Waals surface area contributed by atoms with Crippen LogP contribution < -0.4 is 5.32 Å². The molecule has 0 amide bonds. The number of aryl methyl sites for hydroxylation is 1. The first-order valence-corrected chi connectivity index (χ1v) is 6.10. The van der Waals surface area contributed by atoms with E-state index in [1.165, 1.54) is 6.07 Å². The topological polar surface area (TPSA) is 29.9 Å². The molecule has 1 N–H and O–H groups in total. The van der Waals surface area contributed by atoms with Gasteiger partial charge in [-0.15, -0.1) is 0 Å². The number of nitrogens with zero attached hydrogens (tertiary/aromatic N) is 2. The van der Waals surface area contributed by atoms with Gasteiger partial charge in [0.05, 0.1) is 5.69 Å². The Labute approximate surface area is 107 Å². The van der Waals surface area contributed by atoms with Gasteiger partial charge in [0.25, 0.3) is 0 Å². The quantitative estimate of drug-likeness (QED) is 0.900. The second-order valence-electron chi connectivity index (χ2n) is 4.63. The monoisotopic (exact) mass is 247 g/mol. The minimum atomic E-state index is -0.223. The van der Waals surface area contributed by atoms with Crippen LogP contribution in [0.1, 0.15) is 25.2 Å². The van der Waals surface area contributed by atoms with Gasteiger partial charge in [0, 0.05) is 25.0 Å². The number of aromatic nitrogens is 2. The third-order valence-electron chi connectivity index (χ3n) is 2.84. The van der Waals surface area contributed by atoms with Gasteiger partial charge >= 0.3 is 0 Å². The molecular formula is C14H18FN3. The number of halogens is 1. The molecule has 4 heteroatoms. The van der Waals surface area contributed by atoms with Gasteiger partial charge in [0.2, 0.25) is 0 Å². The number of hydrogen-bond donors (Lipinski definition) is 1. The summed E-state index contributed by atoms with van der Waals surface area (Å²) in [6.07, 6.45) is 3.47. The molecular weight excluding hydrogens is 229 g/mol. The Morgan fingerprint density at radius 1 is 1.39 bits per heavy atom. The lowest BCUT2D eigenvalue weighted by atomic mass is 10.1. The van der Waals surface area contributed by atoms with Crippen molar-refractivity contribution in [2.45, 2.75) is 33.4 Å².